The van der Waals surface area contributed by atoms with Gasteiger partial charge in [0.1, 0.15) is 44.7 Å². The lowest BCUT2D eigenvalue weighted by atomic mass is 9.98. The van der Waals surface area contributed by atoms with Crippen molar-refractivity contribution in [3.05, 3.63) is 182 Å². The van der Waals surface area contributed by atoms with E-state index in [0.29, 0.717) is 0 Å². The van der Waals surface area contributed by atoms with Crippen LogP contribution in [-0.2, 0) is 0 Å². The van der Waals surface area contributed by atoms with Gasteiger partial charge in [0.15, 0.2) is 0 Å². The Morgan fingerprint density at radius 2 is 0.517 bits per heavy atom. The predicted molar refractivity (Wildman–Crippen MR) is 237 cm³/mol. The van der Waals surface area contributed by atoms with E-state index in [0.717, 1.165) is 110 Å². The molecule has 9 aromatic carbocycles. The molecule has 0 bridgehead atoms. The molecule has 58 heavy (non-hydrogen) atoms. The Balaban J connectivity index is 0.920. The molecule has 13 aromatic rings. The largest absolute Gasteiger partial charge is 0.456 e. The van der Waals surface area contributed by atoms with E-state index in [9.17, 15) is 0 Å². The molecule has 4 aromatic heterocycles. The SMILES string of the molecule is c1ccc(-c2ccc3oc4ccc(-c5ccc6oc7c(ccc8oc9ccc(-c%10ccc%11oc%12ccc(-c%13ccccc%13)cc%12c%11c%10)cc9c87)c6c5)cc4c3c2)cc1. The van der Waals surface area contributed by atoms with Crippen molar-refractivity contribution < 1.29 is 17.7 Å². The van der Waals surface area contributed by atoms with E-state index in [-0.39, 0.29) is 0 Å². The number of benzene rings is 9. The molecular formula is C54H30O4. The van der Waals surface area contributed by atoms with Crippen LogP contribution in [-0.4, -0.2) is 0 Å². The Hall–Kier alpha value is -7.82. The minimum Gasteiger partial charge on any atom is -0.456 e. The van der Waals surface area contributed by atoms with Crippen LogP contribution in [0.4, 0.5) is 0 Å². The molecule has 13 rings (SSSR count). The van der Waals surface area contributed by atoms with Crippen LogP contribution in [0.25, 0.3) is 132 Å². The molecule has 0 unspecified atom stereocenters. The normalized spacial score (nSPS) is 12.1. The first kappa shape index (κ1) is 31.4. The maximum atomic E-state index is 6.70. The lowest BCUT2D eigenvalue weighted by Crippen LogP contribution is -1.79. The third-order valence-electron chi connectivity index (χ3n) is 11.9. The van der Waals surface area contributed by atoms with Gasteiger partial charge in [0, 0.05) is 37.7 Å². The monoisotopic (exact) mass is 742 g/mol. The van der Waals surface area contributed by atoms with Crippen molar-refractivity contribution in [2.24, 2.45) is 0 Å². The van der Waals surface area contributed by atoms with Gasteiger partial charge in [-0.3, -0.25) is 0 Å². The van der Waals surface area contributed by atoms with Gasteiger partial charge >= 0.3 is 0 Å². The van der Waals surface area contributed by atoms with Gasteiger partial charge in [-0.05, 0) is 129 Å². The molecule has 0 aliphatic rings. The number of hydrogen-bond acceptors (Lipinski definition) is 4. The lowest BCUT2D eigenvalue weighted by molar-refractivity contribution is 0.662. The van der Waals surface area contributed by atoms with E-state index in [2.05, 4.69) is 170 Å². The average molecular weight is 743 g/mol. The Labute approximate surface area is 330 Å². The summed E-state index contributed by atoms with van der Waals surface area (Å²) >= 11 is 0. The molecule has 0 saturated heterocycles. The Bertz CT molecular complexity index is 3780. The van der Waals surface area contributed by atoms with Crippen LogP contribution in [0.2, 0.25) is 0 Å². The fourth-order valence-electron chi connectivity index (χ4n) is 8.99. The zero-order valence-electron chi connectivity index (χ0n) is 31.0. The quantitative estimate of drug-likeness (QED) is 0.180. The smallest absolute Gasteiger partial charge is 0.147 e. The van der Waals surface area contributed by atoms with Gasteiger partial charge in [0.2, 0.25) is 0 Å². The van der Waals surface area contributed by atoms with Crippen LogP contribution in [0.1, 0.15) is 0 Å². The standard InChI is InChI=1S/C54H30O4/c1-3-7-31(8-4-1)33-11-18-46-41(25-33)43-28-36(13-20-48(43)55-46)35-15-22-50-40(27-35)39-17-24-52-53(54(39)58-50)45-30-38(16-23-51(45)57-52)37-14-21-49-44(29-37)42-26-34(12-19-47(42)56-49)32-9-5-2-6-10-32/h1-30H. The third kappa shape index (κ3) is 4.69. The molecule has 4 heteroatoms. The summed E-state index contributed by atoms with van der Waals surface area (Å²) < 4.78 is 25.7. The molecule has 0 spiro atoms. The zero-order chi connectivity index (χ0) is 37.9. The Kier molecular flexibility index (Phi) is 6.41. The lowest BCUT2D eigenvalue weighted by Gasteiger charge is -2.03. The molecule has 4 nitrogen and oxygen atoms in total. The van der Waals surface area contributed by atoms with Gasteiger partial charge < -0.3 is 17.7 Å². The van der Waals surface area contributed by atoms with Crippen molar-refractivity contribution in [3.63, 3.8) is 0 Å². The van der Waals surface area contributed by atoms with Gasteiger partial charge in [-0.15, -0.1) is 0 Å². The maximum Gasteiger partial charge on any atom is 0.147 e. The van der Waals surface area contributed by atoms with Gasteiger partial charge in [-0.1, -0.05) is 97.1 Å². The van der Waals surface area contributed by atoms with Gasteiger partial charge in [0.25, 0.3) is 0 Å². The van der Waals surface area contributed by atoms with Crippen molar-refractivity contribution in [3.8, 4) is 44.5 Å². The minimum atomic E-state index is 0.802. The van der Waals surface area contributed by atoms with Crippen LogP contribution >= 0.6 is 0 Å². The highest BCUT2D eigenvalue weighted by atomic mass is 16.3. The molecule has 0 aliphatic carbocycles. The molecule has 4 heterocycles. The summed E-state index contributed by atoms with van der Waals surface area (Å²) in [6.07, 6.45) is 0. The summed E-state index contributed by atoms with van der Waals surface area (Å²) in [4.78, 5) is 0. The van der Waals surface area contributed by atoms with E-state index in [1.54, 1.807) is 0 Å². The fraction of sp³-hybridized carbons (Fsp3) is 0. The molecule has 0 aliphatic heterocycles. The summed E-state index contributed by atoms with van der Waals surface area (Å²) in [6.45, 7) is 0. The summed E-state index contributed by atoms with van der Waals surface area (Å²) in [5, 5.41) is 8.53. The molecule has 0 saturated carbocycles. The van der Waals surface area contributed by atoms with Crippen molar-refractivity contribution in [1.82, 2.24) is 0 Å². The molecule has 0 atom stereocenters. The van der Waals surface area contributed by atoms with Crippen LogP contribution in [0.5, 0.6) is 0 Å². The van der Waals surface area contributed by atoms with E-state index in [4.69, 9.17) is 17.7 Å². The Morgan fingerprint density at radius 3 is 0.948 bits per heavy atom. The summed E-state index contributed by atoms with van der Waals surface area (Å²) in [5.41, 5.74) is 16.0. The summed E-state index contributed by atoms with van der Waals surface area (Å²) in [5.74, 6) is 0. The number of rotatable bonds is 4. The zero-order valence-corrected chi connectivity index (χ0v) is 31.0. The van der Waals surface area contributed by atoms with Crippen LogP contribution in [0, 0.1) is 0 Å². The van der Waals surface area contributed by atoms with E-state index in [1.807, 2.05) is 12.1 Å². The predicted octanol–water partition coefficient (Wildman–Crippen LogP) is 16.0. The van der Waals surface area contributed by atoms with Gasteiger partial charge in [0.05, 0.1) is 5.39 Å². The summed E-state index contributed by atoms with van der Waals surface area (Å²) in [6, 6.07) is 63.8. The fourth-order valence-corrected chi connectivity index (χ4v) is 8.99. The average Bonchev–Trinajstić information content (AvgIpc) is 4.05. The van der Waals surface area contributed by atoms with E-state index >= 15 is 0 Å². The Morgan fingerprint density at radius 1 is 0.207 bits per heavy atom. The molecular weight excluding hydrogens is 713 g/mol. The van der Waals surface area contributed by atoms with Gasteiger partial charge in [-0.25, -0.2) is 0 Å². The second kappa shape index (κ2) is 11.8. The van der Waals surface area contributed by atoms with Crippen molar-refractivity contribution in [2.45, 2.75) is 0 Å². The van der Waals surface area contributed by atoms with E-state index in [1.165, 1.54) is 22.3 Å². The second-order valence-electron chi connectivity index (χ2n) is 15.2. The highest BCUT2D eigenvalue weighted by molar-refractivity contribution is 6.23. The maximum absolute atomic E-state index is 6.70. The molecule has 0 N–H and O–H groups in total. The van der Waals surface area contributed by atoms with Gasteiger partial charge in [-0.2, -0.15) is 0 Å². The first-order chi connectivity index (χ1) is 28.7. The number of hydrogen-bond donors (Lipinski definition) is 0. The number of furan rings is 4. The molecule has 270 valence electrons. The van der Waals surface area contributed by atoms with Crippen LogP contribution in [0.3, 0.4) is 0 Å². The van der Waals surface area contributed by atoms with E-state index < -0.39 is 0 Å². The third-order valence-corrected chi connectivity index (χ3v) is 11.9. The van der Waals surface area contributed by atoms with Crippen molar-refractivity contribution >= 4 is 87.8 Å². The highest BCUT2D eigenvalue weighted by Crippen LogP contribution is 2.43. The van der Waals surface area contributed by atoms with Crippen LogP contribution in [0.15, 0.2) is 200 Å². The first-order valence-electron chi connectivity index (χ1n) is 19.5. The number of fused-ring (bicyclic) bond motifs is 13. The highest BCUT2D eigenvalue weighted by Gasteiger charge is 2.19. The minimum absolute atomic E-state index is 0.802. The molecule has 0 amide bonds. The van der Waals surface area contributed by atoms with Crippen molar-refractivity contribution in [2.75, 3.05) is 0 Å². The summed E-state index contributed by atoms with van der Waals surface area (Å²) in [7, 11) is 0. The van der Waals surface area contributed by atoms with Crippen LogP contribution < -0.4 is 0 Å². The van der Waals surface area contributed by atoms with Crippen molar-refractivity contribution in [1.29, 1.82) is 0 Å². The second-order valence-corrected chi connectivity index (χ2v) is 15.2. The molecule has 0 radical (unpaired) electrons. The first-order valence-corrected chi connectivity index (χ1v) is 19.5. The molecule has 0 fully saturated rings. The topological polar surface area (TPSA) is 52.6 Å².